The summed E-state index contributed by atoms with van der Waals surface area (Å²) in [6, 6.07) is -0.141. The standard InChI is InChI=1S/C10H14N6O/c1-6(2)8-15-16-9(17-8)7(3)14-10-12-4-11-5-13-10/h4-7H,1-3H3,(H,11,12,13,14)/t7-/m0/s1. The Morgan fingerprint density at radius 1 is 1.06 bits per heavy atom. The van der Waals surface area contributed by atoms with Gasteiger partial charge in [0.05, 0.1) is 0 Å². The lowest BCUT2D eigenvalue weighted by atomic mass is 10.2. The van der Waals surface area contributed by atoms with Crippen LogP contribution >= 0.6 is 0 Å². The van der Waals surface area contributed by atoms with E-state index in [1.165, 1.54) is 12.7 Å². The van der Waals surface area contributed by atoms with Gasteiger partial charge in [-0.3, -0.25) is 0 Å². The molecule has 0 aromatic carbocycles. The maximum absolute atomic E-state index is 5.52. The Hall–Kier alpha value is -2.05. The Balaban J connectivity index is 2.07. The van der Waals surface area contributed by atoms with Gasteiger partial charge < -0.3 is 9.73 Å². The third kappa shape index (κ3) is 2.74. The van der Waals surface area contributed by atoms with Gasteiger partial charge in [-0.05, 0) is 6.92 Å². The van der Waals surface area contributed by atoms with Gasteiger partial charge in [-0.2, -0.15) is 0 Å². The van der Waals surface area contributed by atoms with Crippen LogP contribution in [-0.4, -0.2) is 25.1 Å². The lowest BCUT2D eigenvalue weighted by Crippen LogP contribution is -2.09. The first kappa shape index (κ1) is 11.4. The van der Waals surface area contributed by atoms with Crippen LogP contribution in [0.4, 0.5) is 5.95 Å². The summed E-state index contributed by atoms with van der Waals surface area (Å²) in [5.41, 5.74) is 0. The average Bonchev–Trinajstić information content (AvgIpc) is 2.79. The molecule has 1 atom stereocenters. The van der Waals surface area contributed by atoms with Crippen LogP contribution in [0.2, 0.25) is 0 Å². The predicted octanol–water partition coefficient (Wildman–Crippen LogP) is 1.55. The van der Waals surface area contributed by atoms with Crippen molar-refractivity contribution in [3.8, 4) is 0 Å². The maximum Gasteiger partial charge on any atom is 0.238 e. The minimum Gasteiger partial charge on any atom is -0.423 e. The van der Waals surface area contributed by atoms with Crippen molar-refractivity contribution in [3.05, 3.63) is 24.4 Å². The molecule has 0 amide bonds. The molecule has 1 N–H and O–H groups in total. The summed E-state index contributed by atoms with van der Waals surface area (Å²) in [5, 5.41) is 11.0. The molecule has 0 aliphatic carbocycles. The fraction of sp³-hybridized carbons (Fsp3) is 0.500. The van der Waals surface area contributed by atoms with Gasteiger partial charge in [0, 0.05) is 5.92 Å². The fourth-order valence-electron chi connectivity index (χ4n) is 1.22. The lowest BCUT2D eigenvalue weighted by Gasteiger charge is -2.08. The average molecular weight is 234 g/mol. The molecule has 7 heteroatoms. The number of anilines is 1. The minimum atomic E-state index is -0.141. The maximum atomic E-state index is 5.52. The number of aromatic nitrogens is 5. The van der Waals surface area contributed by atoms with E-state index in [9.17, 15) is 0 Å². The Kier molecular flexibility index (Phi) is 3.27. The molecule has 0 spiro atoms. The molecule has 7 nitrogen and oxygen atoms in total. The van der Waals surface area contributed by atoms with Crippen molar-refractivity contribution >= 4 is 5.95 Å². The van der Waals surface area contributed by atoms with E-state index in [1.807, 2.05) is 20.8 Å². The van der Waals surface area contributed by atoms with Gasteiger partial charge in [-0.25, -0.2) is 15.0 Å². The van der Waals surface area contributed by atoms with Gasteiger partial charge in [-0.1, -0.05) is 13.8 Å². The van der Waals surface area contributed by atoms with Crippen molar-refractivity contribution in [2.24, 2.45) is 0 Å². The molecular formula is C10H14N6O. The first-order valence-electron chi connectivity index (χ1n) is 5.38. The van der Waals surface area contributed by atoms with E-state index in [1.54, 1.807) is 0 Å². The molecule has 0 bridgehead atoms. The molecular weight excluding hydrogens is 220 g/mol. The van der Waals surface area contributed by atoms with Crippen molar-refractivity contribution < 1.29 is 4.42 Å². The van der Waals surface area contributed by atoms with Crippen molar-refractivity contribution in [1.29, 1.82) is 0 Å². The van der Waals surface area contributed by atoms with Crippen LogP contribution in [0.15, 0.2) is 17.1 Å². The topological polar surface area (TPSA) is 89.6 Å². The van der Waals surface area contributed by atoms with Crippen LogP contribution in [0.1, 0.15) is 44.5 Å². The monoisotopic (exact) mass is 234 g/mol. The highest BCUT2D eigenvalue weighted by molar-refractivity contribution is 5.23. The highest BCUT2D eigenvalue weighted by Gasteiger charge is 2.16. The van der Waals surface area contributed by atoms with Gasteiger partial charge in [0.25, 0.3) is 0 Å². The van der Waals surface area contributed by atoms with E-state index in [4.69, 9.17) is 4.42 Å². The zero-order chi connectivity index (χ0) is 12.3. The molecule has 0 aliphatic rings. The molecule has 0 saturated carbocycles. The normalized spacial score (nSPS) is 12.7. The van der Waals surface area contributed by atoms with Crippen molar-refractivity contribution in [1.82, 2.24) is 25.1 Å². The highest BCUT2D eigenvalue weighted by Crippen LogP contribution is 2.18. The molecule has 2 heterocycles. The molecule has 2 aromatic rings. The molecule has 0 fully saturated rings. The van der Waals surface area contributed by atoms with Crippen molar-refractivity contribution in [2.75, 3.05) is 5.32 Å². The van der Waals surface area contributed by atoms with Crippen LogP contribution in [0.5, 0.6) is 0 Å². The van der Waals surface area contributed by atoms with Crippen LogP contribution in [0, 0.1) is 0 Å². The second-order valence-corrected chi connectivity index (χ2v) is 3.96. The summed E-state index contributed by atoms with van der Waals surface area (Å²) >= 11 is 0. The van der Waals surface area contributed by atoms with E-state index in [-0.39, 0.29) is 12.0 Å². The van der Waals surface area contributed by atoms with Crippen LogP contribution in [0.3, 0.4) is 0 Å². The Labute approximate surface area is 98.7 Å². The molecule has 2 aromatic heterocycles. The minimum absolute atomic E-state index is 0.141. The van der Waals surface area contributed by atoms with Gasteiger partial charge in [0.1, 0.15) is 18.7 Å². The predicted molar refractivity (Wildman–Crippen MR) is 60.3 cm³/mol. The van der Waals surface area contributed by atoms with Gasteiger partial charge in [0.15, 0.2) is 0 Å². The van der Waals surface area contributed by atoms with Gasteiger partial charge in [-0.15, -0.1) is 10.2 Å². The smallest absolute Gasteiger partial charge is 0.238 e. The summed E-state index contributed by atoms with van der Waals surface area (Å²) in [5.74, 6) is 1.86. The Morgan fingerprint density at radius 2 is 1.71 bits per heavy atom. The Morgan fingerprint density at radius 3 is 2.29 bits per heavy atom. The number of nitrogens with one attached hydrogen (secondary N) is 1. The van der Waals surface area contributed by atoms with E-state index in [0.717, 1.165) is 0 Å². The first-order chi connectivity index (χ1) is 8.16. The molecule has 0 saturated heterocycles. The molecule has 2 rings (SSSR count). The SMILES string of the molecule is CC(C)c1nnc([C@H](C)Nc2ncncn2)o1. The van der Waals surface area contributed by atoms with Crippen molar-refractivity contribution in [2.45, 2.75) is 32.7 Å². The van der Waals surface area contributed by atoms with Gasteiger partial charge in [0.2, 0.25) is 17.7 Å². The van der Waals surface area contributed by atoms with E-state index in [2.05, 4.69) is 30.5 Å². The summed E-state index contributed by atoms with van der Waals surface area (Å²) in [4.78, 5) is 11.7. The lowest BCUT2D eigenvalue weighted by molar-refractivity contribution is 0.419. The molecule has 0 unspecified atom stereocenters. The summed E-state index contributed by atoms with van der Waals surface area (Å²) < 4.78 is 5.52. The van der Waals surface area contributed by atoms with Crippen LogP contribution < -0.4 is 5.32 Å². The number of hydrogen-bond acceptors (Lipinski definition) is 7. The molecule has 17 heavy (non-hydrogen) atoms. The first-order valence-corrected chi connectivity index (χ1v) is 5.38. The second kappa shape index (κ2) is 4.86. The third-order valence-corrected chi connectivity index (χ3v) is 2.16. The Bertz CT molecular complexity index is 469. The molecule has 90 valence electrons. The second-order valence-electron chi connectivity index (χ2n) is 3.96. The third-order valence-electron chi connectivity index (χ3n) is 2.16. The van der Waals surface area contributed by atoms with Crippen LogP contribution in [0.25, 0.3) is 0 Å². The number of nitrogens with zero attached hydrogens (tertiary/aromatic N) is 5. The molecule has 0 aliphatic heterocycles. The number of hydrogen-bond donors (Lipinski definition) is 1. The summed E-state index contributed by atoms with van der Waals surface area (Å²) in [6.07, 6.45) is 2.85. The zero-order valence-corrected chi connectivity index (χ0v) is 9.95. The summed E-state index contributed by atoms with van der Waals surface area (Å²) in [7, 11) is 0. The number of rotatable bonds is 4. The van der Waals surface area contributed by atoms with Crippen molar-refractivity contribution in [3.63, 3.8) is 0 Å². The zero-order valence-electron chi connectivity index (χ0n) is 9.95. The van der Waals surface area contributed by atoms with E-state index in [0.29, 0.717) is 17.7 Å². The summed E-state index contributed by atoms with van der Waals surface area (Å²) in [6.45, 7) is 5.91. The highest BCUT2D eigenvalue weighted by atomic mass is 16.4. The largest absolute Gasteiger partial charge is 0.423 e. The van der Waals surface area contributed by atoms with E-state index < -0.39 is 0 Å². The molecule has 0 radical (unpaired) electrons. The quantitative estimate of drug-likeness (QED) is 0.858. The van der Waals surface area contributed by atoms with Gasteiger partial charge >= 0.3 is 0 Å². The van der Waals surface area contributed by atoms with E-state index >= 15 is 0 Å². The van der Waals surface area contributed by atoms with Crippen LogP contribution in [-0.2, 0) is 0 Å². The fourth-order valence-corrected chi connectivity index (χ4v) is 1.22.